The standard InChI is InChI=1S/C51H74F3N5O7/c1-28(2)38-33(60)27-50(56-43(65)49(21-22-49)55-40(61)32-26-36(51(52,53)54)57-59(32)24-12-23-58(10)11)20-19-47(8)29(39(38)50)13-14-35-46(7)17-16-37(45(5,6)34(46)15-18-48(35,47)9)66-42(64)31-25-30(41(62)63)44(31,3)4/h26,28-31,34-35,37H,12-25,27H2,1-11H3,(H,55,61)(H,56,65)(H,62,63)/t29-,30+,31-,34+,35-,37+,46+,47-,48-,50-/m1/s1. The number of amides is 2. The molecule has 6 fully saturated rings. The number of carboxylic acid groups (broad SMARTS) is 1. The maximum Gasteiger partial charge on any atom is 0.435 e. The van der Waals surface area contributed by atoms with Gasteiger partial charge >= 0.3 is 18.1 Å². The van der Waals surface area contributed by atoms with E-state index in [-0.39, 0.29) is 75.9 Å². The molecule has 3 N–H and O–H groups in total. The predicted octanol–water partition coefficient (Wildman–Crippen LogP) is 8.62. The number of carbonyl (C=O) groups is 5. The van der Waals surface area contributed by atoms with Crippen molar-refractivity contribution in [2.45, 2.75) is 176 Å². The summed E-state index contributed by atoms with van der Waals surface area (Å²) in [4.78, 5) is 70.3. The van der Waals surface area contributed by atoms with E-state index < -0.39 is 58.0 Å². The van der Waals surface area contributed by atoms with Gasteiger partial charge in [-0.3, -0.25) is 28.7 Å². The van der Waals surface area contributed by atoms with Crippen LogP contribution >= 0.6 is 0 Å². The summed E-state index contributed by atoms with van der Waals surface area (Å²) in [6.07, 6.45) is 3.29. The predicted molar refractivity (Wildman–Crippen MR) is 241 cm³/mol. The summed E-state index contributed by atoms with van der Waals surface area (Å²) >= 11 is 0. The molecule has 1 heterocycles. The topological polar surface area (TPSA) is 160 Å². The van der Waals surface area contributed by atoms with E-state index in [4.69, 9.17) is 4.74 Å². The van der Waals surface area contributed by atoms with E-state index in [2.05, 4.69) is 50.4 Å². The number of nitrogens with zero attached hydrogens (tertiary/aromatic N) is 3. The minimum Gasteiger partial charge on any atom is -0.481 e. The molecular weight excluding hydrogens is 852 g/mol. The molecule has 0 unspecified atom stereocenters. The number of alkyl halides is 3. The molecule has 6 saturated carbocycles. The number of halogens is 3. The molecule has 2 amide bonds. The highest BCUT2D eigenvalue weighted by Gasteiger charge is 2.71. The van der Waals surface area contributed by atoms with E-state index in [1.54, 1.807) is 0 Å². The van der Waals surface area contributed by atoms with Crippen LogP contribution < -0.4 is 10.6 Å². The summed E-state index contributed by atoms with van der Waals surface area (Å²) in [5, 5.41) is 19.7. The number of hydrogen-bond donors (Lipinski definition) is 3. The van der Waals surface area contributed by atoms with Gasteiger partial charge in [-0.05, 0) is 154 Å². The number of ketones is 1. The van der Waals surface area contributed by atoms with E-state index in [0.717, 1.165) is 66.8 Å². The summed E-state index contributed by atoms with van der Waals surface area (Å²) in [7, 11) is 3.71. The third-order valence-corrected chi connectivity index (χ3v) is 19.6. The van der Waals surface area contributed by atoms with Crippen molar-refractivity contribution < 1.29 is 47.0 Å². The van der Waals surface area contributed by atoms with Gasteiger partial charge in [0.25, 0.3) is 5.91 Å². The molecule has 1 aromatic rings. The Morgan fingerprint density at radius 1 is 0.879 bits per heavy atom. The number of ether oxygens (including phenoxy) is 1. The lowest BCUT2D eigenvalue weighted by molar-refractivity contribution is -0.235. The molecule has 10 atom stereocenters. The summed E-state index contributed by atoms with van der Waals surface area (Å²) in [6, 6.07) is 0.757. The van der Waals surface area contributed by atoms with E-state index >= 15 is 0 Å². The average molecular weight is 926 g/mol. The van der Waals surface area contributed by atoms with Crippen molar-refractivity contribution in [2.75, 3.05) is 20.6 Å². The fraction of sp³-hybridized carbons (Fsp3) is 0.804. The van der Waals surface area contributed by atoms with Crippen molar-refractivity contribution >= 4 is 29.5 Å². The quantitative estimate of drug-likeness (QED) is 0.175. The SMILES string of the molecule is CC(C)C1=C2[C@H]3CC[C@@H]4[C@@]5(C)CC[C@H](OC(=O)[C@H]6C[C@@H](C(=O)O)C6(C)C)C(C)(C)[C@@H]5CC[C@@]4(C)[C@]3(C)CC[C@@]2(NC(=O)C2(NC(=O)c3cc(C(F)(F)F)nn3CCCN(C)C)CC2)CC1=O. The van der Waals surface area contributed by atoms with E-state index in [1.165, 1.54) is 0 Å². The normalized spacial score (nSPS) is 37.2. The number of rotatable bonds is 12. The highest BCUT2D eigenvalue weighted by Crippen LogP contribution is 2.76. The summed E-state index contributed by atoms with van der Waals surface area (Å²) in [5.74, 6) is -2.68. The van der Waals surface area contributed by atoms with Crippen molar-refractivity contribution in [3.05, 3.63) is 28.6 Å². The Morgan fingerprint density at radius 3 is 2.15 bits per heavy atom. The first kappa shape index (κ1) is 48.7. The van der Waals surface area contributed by atoms with Crippen LogP contribution in [-0.2, 0) is 36.6 Å². The molecule has 15 heteroatoms. The summed E-state index contributed by atoms with van der Waals surface area (Å²) in [5.41, 5.74) is -3.11. The molecule has 7 aliphatic rings. The largest absolute Gasteiger partial charge is 0.481 e. The van der Waals surface area contributed by atoms with Crippen molar-refractivity contribution in [2.24, 2.45) is 62.6 Å². The van der Waals surface area contributed by atoms with Crippen molar-refractivity contribution in [1.82, 2.24) is 25.3 Å². The molecule has 0 radical (unpaired) electrons. The molecule has 0 saturated heterocycles. The second-order valence-electron chi connectivity index (χ2n) is 24.3. The van der Waals surface area contributed by atoms with Crippen molar-refractivity contribution in [3.8, 4) is 0 Å². The smallest absolute Gasteiger partial charge is 0.435 e. The molecule has 0 spiro atoms. The van der Waals surface area contributed by atoms with Gasteiger partial charge in [0.05, 0.1) is 17.4 Å². The molecule has 66 heavy (non-hydrogen) atoms. The van der Waals surface area contributed by atoms with Gasteiger partial charge in [-0.1, -0.05) is 62.3 Å². The molecule has 7 aliphatic carbocycles. The first-order valence-electron chi connectivity index (χ1n) is 24.6. The lowest BCUT2D eigenvalue weighted by Gasteiger charge is -2.72. The second kappa shape index (κ2) is 15.9. The Hall–Kier alpha value is -3.75. The van der Waals surface area contributed by atoms with Gasteiger partial charge in [0.1, 0.15) is 17.3 Å². The van der Waals surface area contributed by atoms with Crippen LogP contribution in [0.25, 0.3) is 0 Å². The number of aromatic nitrogens is 2. The van der Waals surface area contributed by atoms with Crippen LogP contribution in [0, 0.1) is 62.6 Å². The van der Waals surface area contributed by atoms with Crippen LogP contribution in [0.2, 0.25) is 0 Å². The van der Waals surface area contributed by atoms with Crippen LogP contribution in [0.5, 0.6) is 0 Å². The number of aliphatic carboxylic acids is 1. The molecule has 0 aliphatic heterocycles. The molecule has 366 valence electrons. The Morgan fingerprint density at radius 2 is 1.56 bits per heavy atom. The molecule has 0 aromatic carbocycles. The molecule has 0 bridgehead atoms. The average Bonchev–Trinajstić information content (AvgIpc) is 3.73. The molecule has 8 rings (SSSR count). The van der Waals surface area contributed by atoms with Gasteiger partial charge in [0, 0.05) is 24.4 Å². The lowest BCUT2D eigenvalue weighted by Crippen LogP contribution is -2.68. The van der Waals surface area contributed by atoms with Gasteiger partial charge < -0.3 is 25.4 Å². The van der Waals surface area contributed by atoms with E-state index in [9.17, 15) is 42.3 Å². The van der Waals surface area contributed by atoms with Gasteiger partial charge in [-0.25, -0.2) is 0 Å². The van der Waals surface area contributed by atoms with Gasteiger partial charge in [0.15, 0.2) is 11.5 Å². The number of nitrogens with one attached hydrogen (secondary N) is 2. The van der Waals surface area contributed by atoms with Gasteiger partial charge in [0.2, 0.25) is 5.91 Å². The summed E-state index contributed by atoms with van der Waals surface area (Å²) < 4.78 is 49.1. The maximum absolute atomic E-state index is 14.7. The fourth-order valence-corrected chi connectivity index (χ4v) is 15.5. The van der Waals surface area contributed by atoms with Crippen LogP contribution in [0.15, 0.2) is 17.2 Å². The highest BCUT2D eigenvalue weighted by atomic mass is 19.4. The Labute approximate surface area is 388 Å². The molecule has 12 nitrogen and oxygen atoms in total. The third-order valence-electron chi connectivity index (χ3n) is 19.6. The van der Waals surface area contributed by atoms with Crippen LogP contribution in [-0.4, -0.2) is 87.1 Å². The van der Waals surface area contributed by atoms with Crippen molar-refractivity contribution in [1.29, 1.82) is 0 Å². The minimum absolute atomic E-state index is 0.0321. The Kier molecular flexibility index (Phi) is 11.7. The van der Waals surface area contributed by atoms with Gasteiger partial charge in [-0.15, -0.1) is 0 Å². The Bertz CT molecular complexity index is 2230. The monoisotopic (exact) mass is 926 g/mol. The maximum atomic E-state index is 14.7. The van der Waals surface area contributed by atoms with Crippen LogP contribution in [0.3, 0.4) is 0 Å². The van der Waals surface area contributed by atoms with Crippen LogP contribution in [0.4, 0.5) is 13.2 Å². The first-order valence-corrected chi connectivity index (χ1v) is 24.6. The third kappa shape index (κ3) is 7.38. The number of aryl methyl sites for hydroxylation is 1. The van der Waals surface area contributed by atoms with Crippen molar-refractivity contribution in [3.63, 3.8) is 0 Å². The first-order chi connectivity index (χ1) is 30.5. The number of Topliss-reactive ketones (excluding diaryl/α,β-unsaturated/α-hetero) is 1. The number of allylic oxidation sites excluding steroid dienone is 1. The summed E-state index contributed by atoms with van der Waals surface area (Å²) in [6.45, 7) is 20.4. The molecular formula is C51H74F3N5O7. The number of carboxylic acids is 1. The number of esters is 1. The van der Waals surface area contributed by atoms with Gasteiger partial charge in [-0.2, -0.15) is 18.3 Å². The number of carbonyl (C=O) groups excluding carboxylic acids is 4. The Balaban J connectivity index is 1.02. The van der Waals surface area contributed by atoms with E-state index in [0.29, 0.717) is 44.6 Å². The zero-order valence-corrected chi connectivity index (χ0v) is 41.1. The zero-order valence-electron chi connectivity index (χ0n) is 41.1. The second-order valence-corrected chi connectivity index (χ2v) is 24.3. The van der Waals surface area contributed by atoms with E-state index in [1.807, 2.05) is 46.7 Å². The lowest BCUT2D eigenvalue weighted by atomic mass is 9.33. The highest BCUT2D eigenvalue weighted by molar-refractivity contribution is 6.04. The molecule has 1 aromatic heterocycles. The zero-order chi connectivity index (χ0) is 48.5. The van der Waals surface area contributed by atoms with Crippen LogP contribution in [0.1, 0.15) is 162 Å². The minimum atomic E-state index is -4.75. The fourth-order valence-electron chi connectivity index (χ4n) is 15.5. The number of hydrogen-bond acceptors (Lipinski definition) is 8. The number of fused-ring (bicyclic) bond motifs is 7.